The van der Waals surface area contributed by atoms with Gasteiger partial charge in [-0.1, -0.05) is 30.3 Å². The molecule has 2 aromatic heterocycles. The molecule has 1 fully saturated rings. The summed E-state index contributed by atoms with van der Waals surface area (Å²) in [4.78, 5) is 47.4. The molecule has 1 saturated heterocycles. The van der Waals surface area contributed by atoms with Crippen molar-refractivity contribution >= 4 is 16.9 Å². The highest BCUT2D eigenvalue weighted by Gasteiger charge is 2.34. The number of aromatic amines is 2. The number of hydrogen-bond donors (Lipinski definition) is 2. The Morgan fingerprint density at radius 1 is 1.19 bits per heavy atom. The van der Waals surface area contributed by atoms with Crippen molar-refractivity contribution in [2.24, 2.45) is 0 Å². The fourth-order valence-corrected chi connectivity index (χ4v) is 3.89. The lowest BCUT2D eigenvalue weighted by Gasteiger charge is -2.21. The molecule has 2 unspecified atom stereocenters. The Labute approximate surface area is 155 Å². The third-order valence-electron chi connectivity index (χ3n) is 5.23. The second-order valence-corrected chi connectivity index (χ2v) is 7.11. The number of benzene rings is 1. The SMILES string of the molecule is Cc1cc(C(=O)N2CC(c3ccccc3)CC2C)nc2[nH]c(=O)[nH]c(=O)c12. The largest absolute Gasteiger partial charge is 0.334 e. The monoisotopic (exact) mass is 364 g/mol. The van der Waals surface area contributed by atoms with Crippen LogP contribution in [0, 0.1) is 6.92 Å². The van der Waals surface area contributed by atoms with Gasteiger partial charge in [-0.15, -0.1) is 0 Å². The van der Waals surface area contributed by atoms with Crippen molar-refractivity contribution in [2.75, 3.05) is 6.54 Å². The third-order valence-corrected chi connectivity index (χ3v) is 5.23. The second kappa shape index (κ2) is 6.50. The molecule has 0 radical (unpaired) electrons. The van der Waals surface area contributed by atoms with E-state index in [1.165, 1.54) is 5.56 Å². The molecule has 1 amide bonds. The number of aromatic nitrogens is 3. The van der Waals surface area contributed by atoms with Crippen molar-refractivity contribution in [1.82, 2.24) is 19.9 Å². The molecule has 2 N–H and O–H groups in total. The summed E-state index contributed by atoms with van der Waals surface area (Å²) in [6, 6.07) is 11.9. The molecule has 0 saturated carbocycles. The van der Waals surface area contributed by atoms with Crippen LogP contribution < -0.4 is 11.2 Å². The number of H-pyrrole nitrogens is 2. The van der Waals surface area contributed by atoms with Gasteiger partial charge in [0.05, 0.1) is 5.39 Å². The summed E-state index contributed by atoms with van der Waals surface area (Å²) in [6.07, 6.45) is 0.888. The number of carbonyl (C=O) groups is 1. The van der Waals surface area contributed by atoms with Crippen LogP contribution in [0.5, 0.6) is 0 Å². The third kappa shape index (κ3) is 3.05. The Morgan fingerprint density at radius 2 is 1.93 bits per heavy atom. The maximum atomic E-state index is 13.1. The lowest BCUT2D eigenvalue weighted by molar-refractivity contribution is 0.0740. The lowest BCUT2D eigenvalue weighted by Crippen LogP contribution is -2.35. The van der Waals surface area contributed by atoms with Gasteiger partial charge >= 0.3 is 5.69 Å². The highest BCUT2D eigenvalue weighted by atomic mass is 16.2. The molecule has 0 bridgehead atoms. The molecule has 2 atom stereocenters. The van der Waals surface area contributed by atoms with E-state index in [1.54, 1.807) is 13.0 Å². The van der Waals surface area contributed by atoms with E-state index in [0.717, 1.165) is 6.42 Å². The van der Waals surface area contributed by atoms with E-state index >= 15 is 0 Å². The Bertz CT molecular complexity index is 1130. The molecule has 3 aromatic rings. The van der Waals surface area contributed by atoms with Crippen LogP contribution in [0.1, 0.15) is 40.9 Å². The number of rotatable bonds is 2. The standard InChI is InChI=1S/C20H20N4O3/c1-11-8-15(21-17-16(11)18(25)23-20(27)22-17)19(26)24-10-14(9-12(24)2)13-6-4-3-5-7-13/h3-8,12,14H,9-10H2,1-2H3,(H2,21,22,23,25,27). The van der Waals surface area contributed by atoms with Crippen molar-refractivity contribution in [3.63, 3.8) is 0 Å². The first kappa shape index (κ1) is 17.2. The van der Waals surface area contributed by atoms with Gasteiger partial charge in [0.25, 0.3) is 11.5 Å². The van der Waals surface area contributed by atoms with Gasteiger partial charge in [0.15, 0.2) is 0 Å². The highest BCUT2D eigenvalue weighted by Crippen LogP contribution is 2.32. The quantitative estimate of drug-likeness (QED) is 0.726. The van der Waals surface area contributed by atoms with Gasteiger partial charge in [-0.2, -0.15) is 0 Å². The zero-order chi connectivity index (χ0) is 19.1. The van der Waals surface area contributed by atoms with E-state index < -0.39 is 11.2 Å². The Balaban J connectivity index is 1.69. The number of carbonyl (C=O) groups excluding carboxylic acids is 1. The van der Waals surface area contributed by atoms with Gasteiger partial charge in [0.2, 0.25) is 0 Å². The van der Waals surface area contributed by atoms with E-state index in [0.29, 0.717) is 17.5 Å². The smallest absolute Gasteiger partial charge is 0.327 e. The van der Waals surface area contributed by atoms with Crippen molar-refractivity contribution in [2.45, 2.75) is 32.2 Å². The molecule has 7 heteroatoms. The van der Waals surface area contributed by atoms with Gasteiger partial charge in [0, 0.05) is 18.5 Å². The van der Waals surface area contributed by atoms with Crippen LogP contribution in [-0.4, -0.2) is 38.3 Å². The molecular formula is C20H20N4O3. The van der Waals surface area contributed by atoms with Gasteiger partial charge in [-0.3, -0.25) is 19.6 Å². The van der Waals surface area contributed by atoms with Crippen molar-refractivity contribution < 1.29 is 4.79 Å². The molecule has 4 rings (SSSR count). The minimum Gasteiger partial charge on any atom is -0.334 e. The van der Waals surface area contributed by atoms with Crippen LogP contribution in [0.3, 0.4) is 0 Å². The molecule has 1 aromatic carbocycles. The van der Waals surface area contributed by atoms with Gasteiger partial charge < -0.3 is 4.90 Å². The predicted octanol–water partition coefficient (Wildman–Crippen LogP) is 1.94. The second-order valence-electron chi connectivity index (χ2n) is 7.11. The molecule has 0 aliphatic carbocycles. The molecule has 0 spiro atoms. The first-order valence-electron chi connectivity index (χ1n) is 8.94. The molecule has 1 aliphatic heterocycles. The summed E-state index contributed by atoms with van der Waals surface area (Å²) in [5.74, 6) is 0.0985. The lowest BCUT2D eigenvalue weighted by atomic mass is 9.97. The van der Waals surface area contributed by atoms with Gasteiger partial charge in [-0.05, 0) is 37.5 Å². The average Bonchev–Trinajstić information content (AvgIpc) is 3.02. The zero-order valence-corrected chi connectivity index (χ0v) is 15.2. The van der Waals surface area contributed by atoms with Crippen LogP contribution in [0.2, 0.25) is 0 Å². The number of fused-ring (bicyclic) bond motifs is 1. The topological polar surface area (TPSA) is 98.9 Å². The van der Waals surface area contributed by atoms with Crippen molar-refractivity contribution in [3.05, 3.63) is 74.1 Å². The van der Waals surface area contributed by atoms with Gasteiger partial charge in [-0.25, -0.2) is 9.78 Å². The Morgan fingerprint density at radius 3 is 2.67 bits per heavy atom. The minimum absolute atomic E-state index is 0.0822. The summed E-state index contributed by atoms with van der Waals surface area (Å²) in [7, 11) is 0. The molecule has 3 heterocycles. The summed E-state index contributed by atoms with van der Waals surface area (Å²) < 4.78 is 0. The molecule has 7 nitrogen and oxygen atoms in total. The van der Waals surface area contributed by atoms with E-state index in [9.17, 15) is 14.4 Å². The average molecular weight is 364 g/mol. The first-order chi connectivity index (χ1) is 12.9. The number of nitrogens with zero attached hydrogens (tertiary/aromatic N) is 2. The molecule has 138 valence electrons. The van der Waals surface area contributed by atoms with E-state index in [2.05, 4.69) is 27.1 Å². The summed E-state index contributed by atoms with van der Waals surface area (Å²) in [5, 5.41) is 0.294. The maximum absolute atomic E-state index is 13.1. The number of hydrogen-bond acceptors (Lipinski definition) is 4. The minimum atomic E-state index is -0.636. The van der Waals surface area contributed by atoms with Crippen molar-refractivity contribution in [3.8, 4) is 0 Å². The number of amides is 1. The van der Waals surface area contributed by atoms with Crippen LogP contribution in [-0.2, 0) is 0 Å². The van der Waals surface area contributed by atoms with E-state index in [4.69, 9.17) is 0 Å². The fraction of sp³-hybridized carbons (Fsp3) is 0.300. The number of likely N-dealkylation sites (tertiary alicyclic amines) is 1. The molecular weight excluding hydrogens is 344 g/mol. The van der Waals surface area contributed by atoms with Crippen LogP contribution in [0.15, 0.2) is 46.0 Å². The number of pyridine rings is 1. The van der Waals surface area contributed by atoms with E-state index in [1.807, 2.05) is 30.0 Å². The fourth-order valence-electron chi connectivity index (χ4n) is 3.89. The van der Waals surface area contributed by atoms with E-state index in [-0.39, 0.29) is 29.2 Å². The molecule has 27 heavy (non-hydrogen) atoms. The predicted molar refractivity (Wildman–Crippen MR) is 102 cm³/mol. The highest BCUT2D eigenvalue weighted by molar-refractivity contribution is 5.95. The van der Waals surface area contributed by atoms with Crippen LogP contribution in [0.25, 0.3) is 11.0 Å². The summed E-state index contributed by atoms with van der Waals surface area (Å²) in [5.41, 5.74) is 1.06. The molecule has 1 aliphatic rings. The number of nitrogens with one attached hydrogen (secondary N) is 2. The summed E-state index contributed by atoms with van der Waals surface area (Å²) in [6.45, 7) is 4.38. The number of aryl methyl sites for hydroxylation is 1. The normalized spacial score (nSPS) is 19.6. The Kier molecular flexibility index (Phi) is 4.14. The maximum Gasteiger partial charge on any atom is 0.327 e. The van der Waals surface area contributed by atoms with Crippen LogP contribution >= 0.6 is 0 Å². The Hall–Kier alpha value is -3.22. The van der Waals surface area contributed by atoms with Crippen LogP contribution in [0.4, 0.5) is 0 Å². The van der Waals surface area contributed by atoms with Gasteiger partial charge in [0.1, 0.15) is 11.3 Å². The summed E-state index contributed by atoms with van der Waals surface area (Å²) >= 11 is 0. The van der Waals surface area contributed by atoms with Crippen molar-refractivity contribution in [1.29, 1.82) is 0 Å². The zero-order valence-electron chi connectivity index (χ0n) is 15.2. The first-order valence-corrected chi connectivity index (χ1v) is 8.94.